The molecule has 0 aliphatic carbocycles. The maximum Gasteiger partial charge on any atom is 0.331 e. The van der Waals surface area contributed by atoms with Gasteiger partial charge in [0.1, 0.15) is 0 Å². The number of rotatable bonds is 4. The van der Waals surface area contributed by atoms with E-state index < -0.39 is 5.97 Å². The van der Waals surface area contributed by atoms with Gasteiger partial charge >= 0.3 is 5.97 Å². The van der Waals surface area contributed by atoms with Crippen molar-refractivity contribution in [1.82, 2.24) is 0 Å². The Morgan fingerprint density at radius 2 is 1.43 bits per heavy atom. The molecule has 0 saturated carbocycles. The first-order chi connectivity index (χ1) is 9.97. The summed E-state index contributed by atoms with van der Waals surface area (Å²) in [7, 11) is 0. The second kappa shape index (κ2) is 6.37. The summed E-state index contributed by atoms with van der Waals surface area (Å²) in [5.74, 6) is -1.42. The molecule has 0 fully saturated rings. The first kappa shape index (κ1) is 15.0. The van der Waals surface area contributed by atoms with Crippen molar-refractivity contribution in [2.45, 2.75) is 6.92 Å². The summed E-state index contributed by atoms with van der Waals surface area (Å²) in [6.45, 7) is 1.39. The Morgan fingerprint density at radius 3 is 1.90 bits per heavy atom. The molecule has 0 heterocycles. The van der Waals surface area contributed by atoms with Crippen molar-refractivity contribution in [2.75, 3.05) is 0 Å². The third-order valence-corrected chi connectivity index (χ3v) is 3.28. The maximum absolute atomic E-state index is 11.9. The lowest BCUT2D eigenvalue weighted by Crippen LogP contribution is -2.01. The molecule has 0 aliphatic rings. The molecule has 2 aromatic carbocycles. The van der Waals surface area contributed by atoms with Gasteiger partial charge in [-0.2, -0.15) is 0 Å². The average molecular weight is 301 g/mol. The summed E-state index contributed by atoms with van der Waals surface area (Å²) in [6.07, 6.45) is 1.12. The Bertz CT molecular complexity index is 698. The molecule has 3 nitrogen and oxygen atoms in total. The monoisotopic (exact) mass is 300 g/mol. The zero-order valence-corrected chi connectivity index (χ0v) is 12.1. The highest BCUT2D eigenvalue weighted by Crippen LogP contribution is 2.22. The van der Waals surface area contributed by atoms with Gasteiger partial charge in [-0.05, 0) is 36.3 Å². The Morgan fingerprint density at radius 1 is 0.952 bits per heavy atom. The van der Waals surface area contributed by atoms with Gasteiger partial charge in [0.05, 0.1) is 0 Å². The van der Waals surface area contributed by atoms with Crippen LogP contribution in [0.25, 0.3) is 11.1 Å². The van der Waals surface area contributed by atoms with Gasteiger partial charge in [0.2, 0.25) is 0 Å². The van der Waals surface area contributed by atoms with E-state index in [0.717, 1.165) is 17.2 Å². The van der Waals surface area contributed by atoms with Crippen molar-refractivity contribution in [2.24, 2.45) is 0 Å². The fourth-order valence-electron chi connectivity index (χ4n) is 1.81. The van der Waals surface area contributed by atoms with Crippen LogP contribution in [0.3, 0.4) is 0 Å². The van der Waals surface area contributed by atoms with E-state index in [1.54, 1.807) is 24.3 Å². The van der Waals surface area contributed by atoms with Gasteiger partial charge in [-0.25, -0.2) is 4.79 Å². The Balaban J connectivity index is 2.23. The van der Waals surface area contributed by atoms with E-state index in [9.17, 15) is 9.59 Å². The number of carboxylic acid groups (broad SMARTS) is 1. The van der Waals surface area contributed by atoms with E-state index in [0.29, 0.717) is 10.6 Å². The van der Waals surface area contributed by atoms with Crippen molar-refractivity contribution >= 4 is 23.4 Å². The van der Waals surface area contributed by atoms with Crippen LogP contribution >= 0.6 is 11.6 Å². The van der Waals surface area contributed by atoms with Crippen LogP contribution in [-0.2, 0) is 4.79 Å². The van der Waals surface area contributed by atoms with Crippen LogP contribution in [0.5, 0.6) is 0 Å². The highest BCUT2D eigenvalue weighted by molar-refractivity contribution is 6.30. The van der Waals surface area contributed by atoms with Crippen LogP contribution < -0.4 is 0 Å². The van der Waals surface area contributed by atoms with Crippen molar-refractivity contribution in [1.29, 1.82) is 0 Å². The third kappa shape index (κ3) is 3.80. The van der Waals surface area contributed by atoms with Crippen molar-refractivity contribution in [3.05, 3.63) is 70.8 Å². The lowest BCUT2D eigenvalue weighted by atomic mass is 10.0. The number of halogens is 1. The highest BCUT2D eigenvalue weighted by atomic mass is 35.5. The van der Waals surface area contributed by atoms with Crippen LogP contribution in [0.2, 0.25) is 5.02 Å². The smallest absolute Gasteiger partial charge is 0.331 e. The minimum absolute atomic E-state index is 0.0155. The Labute approximate surface area is 127 Å². The predicted molar refractivity (Wildman–Crippen MR) is 82.6 cm³/mol. The number of allylic oxidation sites excluding steroid dienone is 1. The number of hydrogen-bond donors (Lipinski definition) is 1. The largest absolute Gasteiger partial charge is 0.478 e. The average Bonchev–Trinajstić information content (AvgIpc) is 2.48. The minimum atomic E-state index is -1.10. The molecule has 1 N–H and O–H groups in total. The van der Waals surface area contributed by atoms with E-state index in [1.807, 2.05) is 24.3 Å². The standard InChI is InChI=1S/C17H13ClO3/c1-11(17(20)21)10-16(19)14-4-2-12(3-5-14)13-6-8-15(18)9-7-13/h2-10H,1H3,(H,20,21). The quantitative estimate of drug-likeness (QED) is 0.679. The van der Waals surface area contributed by atoms with Gasteiger partial charge in [0.25, 0.3) is 0 Å². The minimum Gasteiger partial charge on any atom is -0.478 e. The molecule has 0 atom stereocenters. The molecular formula is C17H13ClO3. The predicted octanol–water partition coefficient (Wildman–Crippen LogP) is 4.22. The molecule has 0 spiro atoms. The Hall–Kier alpha value is -2.39. The molecule has 0 bridgehead atoms. The molecule has 0 aliphatic heterocycles. The van der Waals surface area contributed by atoms with Gasteiger partial charge in [-0.1, -0.05) is 48.0 Å². The normalized spacial score (nSPS) is 11.2. The fourth-order valence-corrected chi connectivity index (χ4v) is 1.94. The van der Waals surface area contributed by atoms with E-state index in [-0.39, 0.29) is 11.4 Å². The van der Waals surface area contributed by atoms with E-state index in [2.05, 4.69) is 0 Å². The molecule has 0 aromatic heterocycles. The van der Waals surface area contributed by atoms with Crippen LogP contribution in [0.15, 0.2) is 60.2 Å². The van der Waals surface area contributed by atoms with Crippen molar-refractivity contribution in [3.8, 4) is 11.1 Å². The lowest BCUT2D eigenvalue weighted by Gasteiger charge is -2.03. The molecular weight excluding hydrogens is 288 g/mol. The van der Waals surface area contributed by atoms with E-state index in [4.69, 9.17) is 16.7 Å². The highest BCUT2D eigenvalue weighted by Gasteiger charge is 2.07. The summed E-state index contributed by atoms with van der Waals surface area (Å²) in [5, 5.41) is 9.43. The number of ketones is 1. The van der Waals surface area contributed by atoms with Gasteiger partial charge in [-0.15, -0.1) is 0 Å². The van der Waals surface area contributed by atoms with E-state index in [1.165, 1.54) is 6.92 Å². The van der Waals surface area contributed by atoms with E-state index >= 15 is 0 Å². The zero-order valence-electron chi connectivity index (χ0n) is 11.3. The molecule has 0 saturated heterocycles. The maximum atomic E-state index is 11.9. The number of hydrogen-bond acceptors (Lipinski definition) is 2. The topological polar surface area (TPSA) is 54.4 Å². The van der Waals surface area contributed by atoms with Crippen LogP contribution in [-0.4, -0.2) is 16.9 Å². The number of carbonyl (C=O) groups is 2. The van der Waals surface area contributed by atoms with Gasteiger partial charge in [-0.3, -0.25) is 4.79 Å². The second-order valence-corrected chi connectivity index (χ2v) is 5.02. The first-order valence-corrected chi connectivity index (χ1v) is 6.67. The number of carbonyl (C=O) groups excluding carboxylic acids is 1. The Kier molecular flexibility index (Phi) is 4.55. The number of aliphatic carboxylic acids is 1. The molecule has 106 valence electrons. The zero-order chi connectivity index (χ0) is 15.4. The number of carboxylic acids is 1. The SMILES string of the molecule is CC(=CC(=O)c1ccc(-c2ccc(Cl)cc2)cc1)C(=O)O. The van der Waals surface area contributed by atoms with Gasteiger partial charge in [0, 0.05) is 16.2 Å². The van der Waals surface area contributed by atoms with Crippen LogP contribution in [0.1, 0.15) is 17.3 Å². The van der Waals surface area contributed by atoms with Gasteiger partial charge < -0.3 is 5.11 Å². The first-order valence-electron chi connectivity index (χ1n) is 6.29. The van der Waals surface area contributed by atoms with Crippen molar-refractivity contribution in [3.63, 3.8) is 0 Å². The third-order valence-electron chi connectivity index (χ3n) is 3.03. The molecule has 2 aromatic rings. The lowest BCUT2D eigenvalue weighted by molar-refractivity contribution is -0.132. The van der Waals surface area contributed by atoms with Crippen LogP contribution in [0.4, 0.5) is 0 Å². The molecule has 0 amide bonds. The fraction of sp³-hybridized carbons (Fsp3) is 0.0588. The molecule has 0 unspecified atom stereocenters. The molecule has 4 heteroatoms. The summed E-state index contributed by atoms with van der Waals surface area (Å²) in [4.78, 5) is 22.6. The summed E-state index contributed by atoms with van der Waals surface area (Å²) < 4.78 is 0. The summed E-state index contributed by atoms with van der Waals surface area (Å²) in [6, 6.07) is 14.4. The van der Waals surface area contributed by atoms with Gasteiger partial charge in [0.15, 0.2) is 5.78 Å². The summed E-state index contributed by atoms with van der Waals surface area (Å²) >= 11 is 5.84. The van der Waals surface area contributed by atoms with Crippen LogP contribution in [0, 0.1) is 0 Å². The second-order valence-electron chi connectivity index (χ2n) is 4.58. The molecule has 2 rings (SSSR count). The molecule has 21 heavy (non-hydrogen) atoms. The van der Waals surface area contributed by atoms with Crippen molar-refractivity contribution < 1.29 is 14.7 Å². The summed E-state index contributed by atoms with van der Waals surface area (Å²) in [5.41, 5.74) is 2.42. The molecule has 0 radical (unpaired) electrons. The number of benzene rings is 2.